The fourth-order valence-electron chi connectivity index (χ4n) is 3.78. The molecule has 0 aliphatic carbocycles. The Hall–Kier alpha value is -1.86. The smallest absolute Gasteiger partial charge is 0.254 e. The summed E-state index contributed by atoms with van der Waals surface area (Å²) in [6, 6.07) is 3.32. The minimum absolute atomic E-state index is 0.0615. The zero-order valence-electron chi connectivity index (χ0n) is 13.5. The third-order valence-electron chi connectivity index (χ3n) is 5.09. The molecule has 130 valence electrons. The molecular weight excluding hydrogens is 313 g/mol. The number of rotatable bonds is 2. The Labute approximate surface area is 140 Å². The predicted molar refractivity (Wildman–Crippen MR) is 87.9 cm³/mol. The van der Waals surface area contributed by atoms with Gasteiger partial charge < -0.3 is 25.0 Å². The van der Waals surface area contributed by atoms with Crippen molar-refractivity contribution in [1.29, 1.82) is 0 Å². The van der Waals surface area contributed by atoms with Crippen LogP contribution < -0.4 is 10.6 Å². The maximum atomic E-state index is 14.2. The first kappa shape index (κ1) is 15.7. The van der Waals surface area contributed by atoms with E-state index in [0.29, 0.717) is 44.0 Å². The maximum absolute atomic E-state index is 14.2. The van der Waals surface area contributed by atoms with Gasteiger partial charge in [-0.25, -0.2) is 4.39 Å². The van der Waals surface area contributed by atoms with Gasteiger partial charge in [-0.3, -0.25) is 4.79 Å². The second kappa shape index (κ2) is 6.22. The molecule has 24 heavy (non-hydrogen) atoms. The maximum Gasteiger partial charge on any atom is 0.254 e. The van der Waals surface area contributed by atoms with Gasteiger partial charge in [-0.15, -0.1) is 0 Å². The number of benzene rings is 1. The number of nitrogens with zero attached hydrogens (tertiary/aromatic N) is 2. The van der Waals surface area contributed by atoms with Crippen molar-refractivity contribution in [2.24, 2.45) is 0 Å². The summed E-state index contributed by atoms with van der Waals surface area (Å²) >= 11 is 0. The Morgan fingerprint density at radius 2 is 1.96 bits per heavy atom. The highest BCUT2D eigenvalue weighted by Gasteiger charge is 2.39. The van der Waals surface area contributed by atoms with Gasteiger partial charge in [-0.2, -0.15) is 0 Å². The molecule has 6 nitrogen and oxygen atoms in total. The van der Waals surface area contributed by atoms with Gasteiger partial charge in [0.1, 0.15) is 6.17 Å². The summed E-state index contributed by atoms with van der Waals surface area (Å²) in [4.78, 5) is 16.6. The monoisotopic (exact) mass is 335 g/mol. The summed E-state index contributed by atoms with van der Waals surface area (Å²) in [6.45, 7) is 3.80. The number of hydrogen-bond donors (Lipinski definition) is 1. The number of fused-ring (bicyclic) bond motifs is 1. The lowest BCUT2D eigenvalue weighted by atomic mass is 10.1. The number of amides is 1. The van der Waals surface area contributed by atoms with Crippen molar-refractivity contribution < 1.29 is 18.7 Å². The van der Waals surface area contributed by atoms with Crippen LogP contribution in [0.3, 0.4) is 0 Å². The minimum atomic E-state index is -1.13. The van der Waals surface area contributed by atoms with Gasteiger partial charge in [0.15, 0.2) is 0 Å². The van der Waals surface area contributed by atoms with Gasteiger partial charge in [0.05, 0.1) is 37.2 Å². The molecule has 0 spiro atoms. The van der Waals surface area contributed by atoms with Crippen molar-refractivity contribution in [2.45, 2.75) is 25.2 Å². The van der Waals surface area contributed by atoms with Gasteiger partial charge in [-0.1, -0.05) is 0 Å². The molecule has 2 fully saturated rings. The van der Waals surface area contributed by atoms with Crippen LogP contribution in [0.2, 0.25) is 0 Å². The molecule has 0 radical (unpaired) electrons. The summed E-state index contributed by atoms with van der Waals surface area (Å²) < 4.78 is 24.7. The topological polar surface area (TPSA) is 68.0 Å². The Balaban J connectivity index is 1.61. The largest absolute Gasteiger partial charge is 0.397 e. The normalized spacial score (nSPS) is 27.5. The molecule has 2 N–H and O–H groups in total. The van der Waals surface area contributed by atoms with Crippen LogP contribution in [0.1, 0.15) is 22.3 Å². The van der Waals surface area contributed by atoms with Crippen LogP contribution in [0, 0.1) is 0 Å². The molecule has 2 atom stereocenters. The van der Waals surface area contributed by atoms with Crippen molar-refractivity contribution in [3.05, 3.63) is 23.3 Å². The van der Waals surface area contributed by atoms with E-state index in [0.717, 1.165) is 24.3 Å². The highest BCUT2D eigenvalue weighted by atomic mass is 19.1. The molecule has 0 aromatic heterocycles. The van der Waals surface area contributed by atoms with Crippen molar-refractivity contribution in [3.63, 3.8) is 0 Å². The van der Waals surface area contributed by atoms with Crippen molar-refractivity contribution in [1.82, 2.24) is 4.90 Å². The van der Waals surface area contributed by atoms with E-state index in [1.165, 1.54) is 0 Å². The first-order valence-electron chi connectivity index (χ1n) is 8.43. The van der Waals surface area contributed by atoms with Crippen LogP contribution in [0.5, 0.6) is 0 Å². The van der Waals surface area contributed by atoms with Crippen LogP contribution >= 0.6 is 0 Å². The van der Waals surface area contributed by atoms with Crippen molar-refractivity contribution in [3.8, 4) is 0 Å². The minimum Gasteiger partial charge on any atom is -0.397 e. The number of hydrogen-bond acceptors (Lipinski definition) is 5. The van der Waals surface area contributed by atoms with Gasteiger partial charge in [0.2, 0.25) is 0 Å². The summed E-state index contributed by atoms with van der Waals surface area (Å²) in [6.07, 6.45) is -0.597. The van der Waals surface area contributed by atoms with Crippen LogP contribution in [0.4, 0.5) is 15.8 Å². The molecule has 7 heteroatoms. The van der Waals surface area contributed by atoms with E-state index in [-0.39, 0.29) is 12.5 Å². The van der Waals surface area contributed by atoms with E-state index in [4.69, 9.17) is 15.2 Å². The number of ether oxygens (including phenoxy) is 2. The highest BCUT2D eigenvalue weighted by Crippen LogP contribution is 2.35. The van der Waals surface area contributed by atoms with E-state index >= 15 is 0 Å². The molecule has 0 saturated carbocycles. The molecule has 1 amide bonds. The molecule has 1 aromatic carbocycles. The van der Waals surface area contributed by atoms with E-state index < -0.39 is 12.2 Å². The third-order valence-corrected chi connectivity index (χ3v) is 5.09. The molecular formula is C17H22FN3O3. The van der Waals surface area contributed by atoms with Gasteiger partial charge in [0.25, 0.3) is 5.91 Å². The Morgan fingerprint density at radius 1 is 1.17 bits per heavy atom. The Kier molecular flexibility index (Phi) is 4.05. The lowest BCUT2D eigenvalue weighted by Crippen LogP contribution is -2.47. The molecule has 3 aliphatic rings. The number of halogens is 1. The van der Waals surface area contributed by atoms with Gasteiger partial charge >= 0.3 is 0 Å². The summed E-state index contributed by atoms with van der Waals surface area (Å²) in [5, 5.41) is 0. The molecule has 2 unspecified atom stereocenters. The standard InChI is InChI=1S/C17H22FN3O3/c18-13-10-24-4-1-15(13)21-9-11-7-14(19)16(8-12(11)17(21)22)20-2-5-23-6-3-20/h7-8,13,15H,1-6,9-10,19H2. The average Bonchev–Trinajstić information content (AvgIpc) is 2.91. The van der Waals surface area contributed by atoms with E-state index in [1.54, 1.807) is 4.90 Å². The van der Waals surface area contributed by atoms with Crippen molar-refractivity contribution in [2.75, 3.05) is 50.2 Å². The molecule has 1 aromatic rings. The predicted octanol–water partition coefficient (Wildman–Crippen LogP) is 1.19. The van der Waals surface area contributed by atoms with Gasteiger partial charge in [-0.05, 0) is 24.1 Å². The summed E-state index contributed by atoms with van der Waals surface area (Å²) in [7, 11) is 0. The van der Waals surface area contributed by atoms with Crippen LogP contribution in [-0.2, 0) is 16.0 Å². The lowest BCUT2D eigenvalue weighted by Gasteiger charge is -2.33. The number of morpholine rings is 1. The van der Waals surface area contributed by atoms with Crippen LogP contribution in [0.15, 0.2) is 12.1 Å². The SMILES string of the molecule is Nc1cc2c(cc1N1CCOCC1)C(=O)N(C1CCOCC1F)C2. The fourth-order valence-corrected chi connectivity index (χ4v) is 3.78. The second-order valence-corrected chi connectivity index (χ2v) is 6.55. The zero-order valence-corrected chi connectivity index (χ0v) is 13.5. The zero-order chi connectivity index (χ0) is 16.7. The average molecular weight is 335 g/mol. The quantitative estimate of drug-likeness (QED) is 0.822. The Morgan fingerprint density at radius 3 is 2.71 bits per heavy atom. The first-order chi connectivity index (χ1) is 11.6. The van der Waals surface area contributed by atoms with Crippen LogP contribution in [-0.4, -0.2) is 62.5 Å². The molecule has 3 heterocycles. The van der Waals surface area contributed by atoms with Crippen molar-refractivity contribution >= 4 is 17.3 Å². The molecule has 4 rings (SSSR count). The van der Waals surface area contributed by atoms with Crippen LogP contribution in [0.25, 0.3) is 0 Å². The fraction of sp³-hybridized carbons (Fsp3) is 0.588. The first-order valence-corrected chi connectivity index (χ1v) is 8.43. The number of anilines is 2. The van der Waals surface area contributed by atoms with Gasteiger partial charge in [0, 0.05) is 31.8 Å². The number of carbonyl (C=O) groups excluding carboxylic acids is 1. The Bertz CT molecular complexity index is 648. The van der Waals surface area contributed by atoms with E-state index in [9.17, 15) is 9.18 Å². The number of alkyl halides is 1. The van der Waals surface area contributed by atoms with E-state index in [2.05, 4.69) is 4.90 Å². The molecule has 2 saturated heterocycles. The number of nitrogens with two attached hydrogens (primary N) is 1. The summed E-state index contributed by atoms with van der Waals surface area (Å²) in [5.74, 6) is -0.103. The number of carbonyl (C=O) groups is 1. The third kappa shape index (κ3) is 2.61. The summed E-state index contributed by atoms with van der Waals surface area (Å²) in [5.41, 5.74) is 9.27. The van der Waals surface area contributed by atoms with E-state index in [1.807, 2.05) is 12.1 Å². The lowest BCUT2D eigenvalue weighted by molar-refractivity contribution is -0.0216. The molecule has 3 aliphatic heterocycles. The molecule has 0 bridgehead atoms. The number of nitrogen functional groups attached to an aromatic ring is 1. The second-order valence-electron chi connectivity index (χ2n) is 6.55. The highest BCUT2D eigenvalue weighted by molar-refractivity contribution is 6.00.